The zero-order valence-corrected chi connectivity index (χ0v) is 13.6. The summed E-state index contributed by atoms with van der Waals surface area (Å²) in [5, 5.41) is 0. The van der Waals surface area contributed by atoms with E-state index < -0.39 is 21.7 Å². The number of carbonyl (C=O) groups is 1. The van der Waals surface area contributed by atoms with E-state index in [1.165, 1.54) is 0 Å². The normalized spacial score (nSPS) is 29.6. The van der Waals surface area contributed by atoms with Crippen LogP contribution in [0.3, 0.4) is 0 Å². The monoisotopic (exact) mass is 330 g/mol. The van der Waals surface area contributed by atoms with Gasteiger partial charge in [0.1, 0.15) is 5.78 Å². The highest BCUT2D eigenvalue weighted by atomic mass is 32.2. The molecule has 120 valence electrons. The first-order valence-corrected chi connectivity index (χ1v) is 9.69. The summed E-state index contributed by atoms with van der Waals surface area (Å²) in [6.07, 6.45) is 6.71. The third-order valence-corrected chi connectivity index (χ3v) is 6.95. The van der Waals surface area contributed by atoms with Crippen molar-refractivity contribution < 1.29 is 13.2 Å². The van der Waals surface area contributed by atoms with E-state index in [1.54, 1.807) is 12.4 Å². The van der Waals surface area contributed by atoms with Gasteiger partial charge in [-0.3, -0.25) is 14.8 Å². The zero-order chi connectivity index (χ0) is 16.0. The van der Waals surface area contributed by atoms with Crippen molar-refractivity contribution in [3.8, 4) is 0 Å². The van der Waals surface area contributed by atoms with Gasteiger partial charge in [0.15, 0.2) is 9.84 Å². The molecule has 6 heteroatoms. The van der Waals surface area contributed by atoms with Crippen LogP contribution in [-0.4, -0.2) is 30.6 Å². The van der Waals surface area contributed by atoms with Gasteiger partial charge in [0.05, 0.1) is 22.3 Å². The summed E-state index contributed by atoms with van der Waals surface area (Å²) in [7, 11) is -3.36. The average Bonchev–Trinajstić information content (AvgIpc) is 2.54. The predicted molar refractivity (Wildman–Crippen MR) is 86.8 cm³/mol. The number of pyridine rings is 1. The highest BCUT2D eigenvalue weighted by Crippen LogP contribution is 2.47. The van der Waals surface area contributed by atoms with Gasteiger partial charge in [0, 0.05) is 30.4 Å². The number of aromatic nitrogens is 1. The molecule has 3 heterocycles. The van der Waals surface area contributed by atoms with Gasteiger partial charge < -0.3 is 0 Å². The van der Waals surface area contributed by atoms with E-state index in [9.17, 15) is 13.2 Å². The smallest absolute Gasteiger partial charge is 0.177 e. The summed E-state index contributed by atoms with van der Waals surface area (Å²) in [5.74, 6) is -0.570. The molecule has 0 saturated heterocycles. The molecule has 1 fully saturated rings. The topological polar surface area (TPSA) is 76.5 Å². The molecule has 1 saturated carbocycles. The van der Waals surface area contributed by atoms with Crippen LogP contribution in [0.15, 0.2) is 40.1 Å². The highest BCUT2D eigenvalue weighted by Gasteiger charge is 2.46. The van der Waals surface area contributed by atoms with Crippen molar-refractivity contribution in [2.75, 3.05) is 5.75 Å². The summed E-state index contributed by atoms with van der Waals surface area (Å²) in [4.78, 5) is 21.6. The third-order valence-electron chi connectivity index (χ3n) is 4.97. The zero-order valence-electron chi connectivity index (χ0n) is 12.7. The number of carbonyl (C=O) groups excluding carboxylic acids is 1. The lowest BCUT2D eigenvalue weighted by atomic mass is 9.72. The minimum absolute atomic E-state index is 0.115. The molecular formula is C17H18N2O3S. The fraction of sp³-hybridized carbons (Fsp3) is 0.471. The number of ketones is 1. The van der Waals surface area contributed by atoms with E-state index in [0.717, 1.165) is 24.1 Å². The minimum atomic E-state index is -3.36. The molecule has 0 aromatic carbocycles. The SMILES string of the molecule is O=C1CCCC2=NC3=C(C(c4ccncc4)C12)S(=O)(=O)CCC3. The largest absolute Gasteiger partial charge is 0.299 e. The van der Waals surface area contributed by atoms with Crippen LogP contribution in [0, 0.1) is 5.92 Å². The van der Waals surface area contributed by atoms with Crippen molar-refractivity contribution >= 4 is 21.3 Å². The Labute approximate surface area is 135 Å². The molecule has 0 N–H and O–H groups in total. The van der Waals surface area contributed by atoms with E-state index in [-0.39, 0.29) is 11.5 Å². The molecule has 2 aliphatic heterocycles. The predicted octanol–water partition coefficient (Wildman–Crippen LogP) is 2.41. The van der Waals surface area contributed by atoms with Gasteiger partial charge in [-0.15, -0.1) is 0 Å². The van der Waals surface area contributed by atoms with E-state index in [2.05, 4.69) is 9.98 Å². The van der Waals surface area contributed by atoms with Crippen molar-refractivity contribution in [3.63, 3.8) is 0 Å². The van der Waals surface area contributed by atoms with Crippen LogP contribution in [-0.2, 0) is 14.6 Å². The summed E-state index contributed by atoms with van der Waals surface area (Å²) < 4.78 is 25.5. The second-order valence-electron chi connectivity index (χ2n) is 6.39. The molecule has 5 nitrogen and oxygen atoms in total. The van der Waals surface area contributed by atoms with Gasteiger partial charge in [-0.1, -0.05) is 0 Å². The van der Waals surface area contributed by atoms with Gasteiger partial charge in [-0.25, -0.2) is 8.42 Å². The van der Waals surface area contributed by atoms with E-state index in [4.69, 9.17) is 0 Å². The maximum Gasteiger partial charge on any atom is 0.177 e. The van der Waals surface area contributed by atoms with Gasteiger partial charge in [0.25, 0.3) is 0 Å². The first kappa shape index (κ1) is 14.8. The van der Waals surface area contributed by atoms with E-state index in [1.807, 2.05) is 12.1 Å². The molecule has 3 aliphatic rings. The van der Waals surface area contributed by atoms with Crippen LogP contribution in [0.25, 0.3) is 0 Å². The maximum atomic E-state index is 12.7. The lowest BCUT2D eigenvalue weighted by Crippen LogP contribution is -2.40. The van der Waals surface area contributed by atoms with Crippen LogP contribution < -0.4 is 0 Å². The third kappa shape index (κ3) is 2.36. The standard InChI is InChI=1S/C17H18N2O3S/c20-14-5-1-3-12-16(14)15(11-6-8-18-9-7-11)17-13(19-12)4-2-10-23(17,21)22/h6-9,15-16H,1-5,10H2. The van der Waals surface area contributed by atoms with Gasteiger partial charge in [0.2, 0.25) is 0 Å². The summed E-state index contributed by atoms with van der Waals surface area (Å²) in [6, 6.07) is 3.65. The van der Waals surface area contributed by atoms with E-state index >= 15 is 0 Å². The molecule has 0 bridgehead atoms. The Hall–Kier alpha value is -1.82. The quantitative estimate of drug-likeness (QED) is 0.792. The number of Topliss-reactive ketones (excluding diaryl/α,β-unsaturated/α-hetero) is 1. The Morgan fingerprint density at radius 3 is 2.57 bits per heavy atom. The fourth-order valence-corrected chi connectivity index (χ4v) is 5.92. The average molecular weight is 330 g/mol. The highest BCUT2D eigenvalue weighted by molar-refractivity contribution is 7.95. The Morgan fingerprint density at radius 2 is 1.78 bits per heavy atom. The molecule has 2 unspecified atom stereocenters. The number of aliphatic imine (C=N–C) groups is 1. The molecule has 23 heavy (non-hydrogen) atoms. The van der Waals surface area contributed by atoms with Crippen LogP contribution in [0.1, 0.15) is 43.6 Å². The molecule has 0 amide bonds. The first-order valence-electron chi connectivity index (χ1n) is 8.04. The molecule has 4 rings (SSSR count). The minimum Gasteiger partial charge on any atom is -0.299 e. The molecule has 1 aliphatic carbocycles. The van der Waals surface area contributed by atoms with E-state index in [0.29, 0.717) is 29.9 Å². The van der Waals surface area contributed by atoms with Gasteiger partial charge in [-0.05, 0) is 43.4 Å². The lowest BCUT2D eigenvalue weighted by molar-refractivity contribution is -0.121. The number of hydrogen-bond donors (Lipinski definition) is 0. The number of allylic oxidation sites excluding steroid dienone is 2. The van der Waals surface area contributed by atoms with Crippen LogP contribution in [0.4, 0.5) is 0 Å². The van der Waals surface area contributed by atoms with Gasteiger partial charge >= 0.3 is 0 Å². The Morgan fingerprint density at radius 1 is 1.00 bits per heavy atom. The Bertz CT molecular complexity index is 825. The fourth-order valence-electron chi connectivity index (χ4n) is 4.01. The molecule has 2 atom stereocenters. The Kier molecular flexibility index (Phi) is 3.44. The molecule has 0 radical (unpaired) electrons. The second-order valence-corrected chi connectivity index (χ2v) is 8.47. The lowest BCUT2D eigenvalue weighted by Gasteiger charge is -2.37. The van der Waals surface area contributed by atoms with Crippen molar-refractivity contribution in [2.24, 2.45) is 10.9 Å². The van der Waals surface area contributed by atoms with Crippen molar-refractivity contribution in [1.29, 1.82) is 0 Å². The van der Waals surface area contributed by atoms with Crippen molar-refractivity contribution in [1.82, 2.24) is 4.98 Å². The van der Waals surface area contributed by atoms with Crippen LogP contribution in [0.2, 0.25) is 0 Å². The first-order chi connectivity index (χ1) is 11.1. The summed E-state index contributed by atoms with van der Waals surface area (Å²) >= 11 is 0. The number of rotatable bonds is 1. The molecular weight excluding hydrogens is 312 g/mol. The Balaban J connectivity index is 1.96. The molecule has 1 aromatic heterocycles. The van der Waals surface area contributed by atoms with Crippen LogP contribution in [0.5, 0.6) is 0 Å². The number of hydrogen-bond acceptors (Lipinski definition) is 5. The second kappa shape index (κ2) is 5.37. The number of sulfone groups is 1. The number of fused-ring (bicyclic) bond motifs is 1. The molecule has 1 aromatic rings. The van der Waals surface area contributed by atoms with Crippen molar-refractivity contribution in [2.45, 2.75) is 38.0 Å². The van der Waals surface area contributed by atoms with Gasteiger partial charge in [-0.2, -0.15) is 0 Å². The summed E-state index contributed by atoms with van der Waals surface area (Å²) in [6.45, 7) is 0. The maximum absolute atomic E-state index is 12.7. The van der Waals surface area contributed by atoms with Crippen molar-refractivity contribution in [3.05, 3.63) is 40.7 Å². The van der Waals surface area contributed by atoms with Crippen LogP contribution >= 0.6 is 0 Å². The molecule has 0 spiro atoms. The summed E-state index contributed by atoms with van der Waals surface area (Å²) in [5.41, 5.74) is 2.41. The number of nitrogens with zero attached hydrogens (tertiary/aromatic N) is 2.